The maximum atomic E-state index is 9.34. The van der Waals surface area contributed by atoms with Crippen LogP contribution in [0.1, 0.15) is 20.8 Å². The van der Waals surface area contributed by atoms with E-state index in [9.17, 15) is 29.7 Å². The van der Waals surface area contributed by atoms with Gasteiger partial charge in [0, 0.05) is 0 Å². The molecule has 0 aliphatic heterocycles. The van der Waals surface area contributed by atoms with Crippen molar-refractivity contribution in [1.29, 1.82) is 0 Å². The second-order valence-corrected chi connectivity index (χ2v) is 2.99. The quantitative estimate of drug-likeness (QED) is 0.276. The average molecular weight is 574 g/mol. The maximum absolute atomic E-state index is 9.34. The third-order valence-electron chi connectivity index (χ3n) is 1.02. The van der Waals surface area contributed by atoms with Crippen LogP contribution in [0.3, 0.4) is 0 Å². The van der Waals surface area contributed by atoms with E-state index in [2.05, 4.69) is 0 Å². The largest absolute Gasteiger partial charge is 2.00 e. The van der Waals surface area contributed by atoms with Gasteiger partial charge in [-0.25, -0.2) is 0 Å². The molecule has 0 aromatic heterocycles. The molecule has 114 valence electrons. The molecule has 3 N–H and O–H groups in total. The average Bonchev–Trinajstić information content (AvgIpc) is 2.18. The van der Waals surface area contributed by atoms with Crippen LogP contribution in [-0.2, 0) is 79.5 Å². The van der Waals surface area contributed by atoms with E-state index in [1.807, 2.05) is 0 Å². The van der Waals surface area contributed by atoms with E-state index in [4.69, 9.17) is 15.3 Å². The third-order valence-corrected chi connectivity index (χ3v) is 1.02. The molecular weight excluding hydrogens is 559 g/mol. The summed E-state index contributed by atoms with van der Waals surface area (Å²) < 4.78 is 0. The number of rotatable bonds is 3. The summed E-state index contributed by atoms with van der Waals surface area (Å²) in [5.74, 6) is -4.31. The molecular formula is C9H15K3Na2O9Ti3+8. The standard InChI is InChI=1S/3C3H6O3.3K.2Na.3Ti/c3*1-2(4)3(5)6;;;;;;;;/h3*2,4H,1H3,(H,5,6);;;;;;;;/q;;;5*+1;3*+2/p-3. The van der Waals surface area contributed by atoms with Crippen molar-refractivity contribution in [3.8, 4) is 0 Å². The number of aliphatic carboxylic acids is 3. The zero-order chi connectivity index (χ0) is 15.5. The zero-order valence-corrected chi connectivity index (χ0v) is 34.6. The molecule has 0 aromatic rings. The Labute approximate surface area is 370 Å². The molecule has 0 fully saturated rings. The predicted molar refractivity (Wildman–Crippen MR) is 50.1 cm³/mol. The summed E-state index contributed by atoms with van der Waals surface area (Å²) in [4.78, 5) is 28.0. The van der Waals surface area contributed by atoms with Gasteiger partial charge < -0.3 is 45.0 Å². The molecule has 0 radical (unpaired) electrons. The first kappa shape index (κ1) is 69.9. The van der Waals surface area contributed by atoms with Gasteiger partial charge in [-0.1, -0.05) is 0 Å². The van der Waals surface area contributed by atoms with Gasteiger partial charge in [-0.05, 0) is 20.8 Å². The number of aliphatic hydroxyl groups is 3. The normalized spacial score (nSPS) is 9.46. The molecule has 9 nitrogen and oxygen atoms in total. The number of hydrogen-bond acceptors (Lipinski definition) is 9. The van der Waals surface area contributed by atoms with Gasteiger partial charge in [0.05, 0.1) is 36.2 Å². The fraction of sp³-hybridized carbons (Fsp3) is 0.667. The molecule has 0 saturated carbocycles. The Hall–Kier alpha value is 7.34. The molecule has 0 amide bonds. The molecule has 3 unspecified atom stereocenters. The Morgan fingerprint density at radius 1 is 0.577 bits per heavy atom. The van der Waals surface area contributed by atoms with E-state index in [0.717, 1.165) is 20.8 Å². The van der Waals surface area contributed by atoms with E-state index >= 15 is 0 Å². The van der Waals surface area contributed by atoms with Crippen LogP contribution in [0.4, 0.5) is 0 Å². The van der Waals surface area contributed by atoms with Crippen LogP contribution in [-0.4, -0.2) is 51.5 Å². The van der Waals surface area contributed by atoms with Gasteiger partial charge in [0.25, 0.3) is 0 Å². The van der Waals surface area contributed by atoms with Crippen LogP contribution in [0, 0.1) is 0 Å². The van der Waals surface area contributed by atoms with Gasteiger partial charge in [-0.3, -0.25) is 0 Å². The number of hydrogen-bond donors (Lipinski definition) is 3. The molecule has 0 saturated heterocycles. The van der Waals surface area contributed by atoms with E-state index in [1.165, 1.54) is 0 Å². The van der Waals surface area contributed by atoms with E-state index in [-0.39, 0.29) is 278 Å². The second-order valence-electron chi connectivity index (χ2n) is 2.99. The van der Waals surface area contributed by atoms with Crippen LogP contribution in [0.2, 0.25) is 0 Å². The summed E-state index contributed by atoms with van der Waals surface area (Å²) in [6, 6.07) is 0. The molecule has 0 aliphatic carbocycles. The molecule has 17 heteroatoms. The van der Waals surface area contributed by atoms with Crippen molar-refractivity contribution in [2.24, 2.45) is 0 Å². The molecule has 26 heavy (non-hydrogen) atoms. The Morgan fingerprint density at radius 2 is 0.615 bits per heavy atom. The predicted octanol–water partition coefficient (Wildman–Crippen LogP) is -20.6. The smallest absolute Gasteiger partial charge is 0.547 e. The van der Waals surface area contributed by atoms with Crippen molar-refractivity contribution in [3.05, 3.63) is 0 Å². The summed E-state index contributed by atoms with van der Waals surface area (Å²) in [6.07, 6.45) is -4.03. The van der Waals surface area contributed by atoms with E-state index < -0.39 is 36.2 Å². The molecule has 0 spiro atoms. The van der Waals surface area contributed by atoms with E-state index in [1.54, 1.807) is 0 Å². The van der Waals surface area contributed by atoms with Crippen LogP contribution in [0.25, 0.3) is 0 Å². The number of carboxylic acids is 3. The van der Waals surface area contributed by atoms with Gasteiger partial charge in [0.2, 0.25) is 0 Å². The van der Waals surface area contributed by atoms with Crippen molar-refractivity contribution in [2.45, 2.75) is 39.1 Å². The zero-order valence-electron chi connectivity index (χ0n) is 16.5. The Kier molecular flexibility index (Phi) is 133. The minimum atomic E-state index is -1.44. The van der Waals surface area contributed by atoms with Crippen molar-refractivity contribution >= 4 is 17.9 Å². The van der Waals surface area contributed by atoms with Crippen molar-refractivity contribution in [3.63, 3.8) is 0 Å². The summed E-state index contributed by atoms with van der Waals surface area (Å²) >= 11 is 0. The Morgan fingerprint density at radius 3 is 0.615 bits per heavy atom. The molecule has 0 bridgehead atoms. The number of aliphatic hydroxyl groups excluding tert-OH is 3. The Bertz CT molecular complexity index is 250. The number of carbonyl (C=O) groups excluding carboxylic acids is 3. The first-order valence-electron chi connectivity index (χ1n) is 4.60. The SMILES string of the molecule is CC(O)C(=O)[O-].CC(O)C(=O)[O-].CC(O)C(=O)[O-].[K+].[K+].[K+].[Na+].[Na+].[Ti+2].[Ti+2].[Ti+2]. The molecule has 0 aromatic carbocycles. The van der Waals surface area contributed by atoms with Gasteiger partial charge in [-0.15, -0.1) is 0 Å². The van der Waals surface area contributed by atoms with Crippen molar-refractivity contribution in [2.75, 3.05) is 0 Å². The first-order chi connectivity index (χ1) is 7.93. The fourth-order valence-electron chi connectivity index (χ4n) is 0. The van der Waals surface area contributed by atoms with Gasteiger partial charge >= 0.3 is 278 Å². The summed E-state index contributed by atoms with van der Waals surface area (Å²) in [5.41, 5.74) is 0. The van der Waals surface area contributed by atoms with Crippen LogP contribution >= 0.6 is 0 Å². The third kappa shape index (κ3) is 77.1. The Balaban J connectivity index is -0.0000000125. The fourth-order valence-corrected chi connectivity index (χ4v) is 0. The summed E-state index contributed by atoms with van der Waals surface area (Å²) in [7, 11) is 0. The molecule has 0 heterocycles. The molecule has 0 aliphatic rings. The monoisotopic (exact) mass is 574 g/mol. The topological polar surface area (TPSA) is 181 Å². The van der Waals surface area contributed by atoms with Crippen LogP contribution in [0.5, 0.6) is 0 Å². The molecule has 0 rings (SSSR count). The van der Waals surface area contributed by atoms with E-state index in [0.29, 0.717) is 0 Å². The summed E-state index contributed by atoms with van der Waals surface area (Å²) in [5, 5.41) is 51.9. The van der Waals surface area contributed by atoms with Crippen molar-refractivity contribution in [1.82, 2.24) is 0 Å². The van der Waals surface area contributed by atoms with Gasteiger partial charge in [0.1, 0.15) is 0 Å². The van der Waals surface area contributed by atoms with Gasteiger partial charge in [-0.2, -0.15) is 0 Å². The minimum absolute atomic E-state index is 0. The van der Waals surface area contributed by atoms with Crippen LogP contribution < -0.4 is 229 Å². The molecule has 3 atom stereocenters. The van der Waals surface area contributed by atoms with Gasteiger partial charge in [0.15, 0.2) is 0 Å². The summed E-state index contributed by atoms with van der Waals surface area (Å²) in [6.45, 7) is 3.40. The second kappa shape index (κ2) is 49.5. The minimum Gasteiger partial charge on any atom is -0.547 e. The first-order valence-corrected chi connectivity index (χ1v) is 4.60. The van der Waals surface area contributed by atoms with Crippen LogP contribution in [0.15, 0.2) is 0 Å². The van der Waals surface area contributed by atoms with Crippen molar-refractivity contribution < 1.29 is 323 Å². The number of carboxylic acid groups (broad SMARTS) is 3. The maximum Gasteiger partial charge on any atom is 2.00 e. The number of carbonyl (C=O) groups is 3.